The van der Waals surface area contributed by atoms with E-state index in [1.807, 2.05) is 0 Å². The fourth-order valence-corrected chi connectivity index (χ4v) is 10.6. The van der Waals surface area contributed by atoms with Gasteiger partial charge in [0.2, 0.25) is 0 Å². The third kappa shape index (κ3) is 3.07. The van der Waals surface area contributed by atoms with Crippen molar-refractivity contribution in [1.82, 2.24) is 0 Å². The summed E-state index contributed by atoms with van der Waals surface area (Å²) in [6.07, 6.45) is 10.5. The maximum Gasteiger partial charge on any atom is 0.311 e. The second-order valence-corrected chi connectivity index (χ2v) is 15.1. The number of hydrogen-bond acceptors (Lipinski definition) is 4. The van der Waals surface area contributed by atoms with Gasteiger partial charge in [-0.3, -0.25) is 9.59 Å². The number of ketones is 1. The maximum absolute atomic E-state index is 14.3. The highest BCUT2D eigenvalue weighted by Gasteiger charge is 2.70. The summed E-state index contributed by atoms with van der Waals surface area (Å²) in [6, 6.07) is 0. The number of carbonyl (C=O) groups excluding carboxylic acids is 2. The highest BCUT2D eigenvalue weighted by atomic mass is 16.5. The Balaban J connectivity index is 1.61. The standard InChI is InChI=1S/C31H48O4/c1-26(2)22-9-12-31(7)24(29(22,5)11-10-23(26)33)21(32)17-19-20-18-28(4,25(34)35-8)14-13-27(20,3)15-16-30(19,31)6/h17,20,22-24,33H,9-16,18H2,1-8H3/t20?,22?,23?,24?,27-,28+,29+,30+,31-/m1/s1. The van der Waals surface area contributed by atoms with Gasteiger partial charge in [-0.1, -0.05) is 47.1 Å². The van der Waals surface area contributed by atoms with Crippen LogP contribution < -0.4 is 0 Å². The Labute approximate surface area is 212 Å². The van der Waals surface area contributed by atoms with Gasteiger partial charge in [0.05, 0.1) is 18.6 Å². The second kappa shape index (κ2) is 7.45. The van der Waals surface area contributed by atoms with Crippen molar-refractivity contribution in [2.75, 3.05) is 7.11 Å². The van der Waals surface area contributed by atoms with Crippen LogP contribution in [0.3, 0.4) is 0 Å². The highest BCUT2D eigenvalue weighted by molar-refractivity contribution is 5.95. The monoisotopic (exact) mass is 484 g/mol. The van der Waals surface area contributed by atoms with E-state index < -0.39 is 5.41 Å². The quantitative estimate of drug-likeness (QED) is 0.431. The van der Waals surface area contributed by atoms with E-state index in [0.29, 0.717) is 11.7 Å². The van der Waals surface area contributed by atoms with E-state index in [4.69, 9.17) is 4.74 Å². The first kappa shape index (κ1) is 25.5. The van der Waals surface area contributed by atoms with Crippen LogP contribution in [0.5, 0.6) is 0 Å². The van der Waals surface area contributed by atoms with Crippen LogP contribution in [-0.2, 0) is 14.3 Å². The van der Waals surface area contributed by atoms with E-state index in [-0.39, 0.29) is 51.0 Å². The van der Waals surface area contributed by atoms with Crippen molar-refractivity contribution in [3.05, 3.63) is 11.6 Å². The Morgan fingerprint density at radius 2 is 1.60 bits per heavy atom. The van der Waals surface area contributed by atoms with Crippen LogP contribution in [0.4, 0.5) is 0 Å². The molecule has 0 spiro atoms. The molecule has 196 valence electrons. The van der Waals surface area contributed by atoms with Gasteiger partial charge in [-0.05, 0) is 110 Å². The van der Waals surface area contributed by atoms with Gasteiger partial charge in [0.15, 0.2) is 5.78 Å². The lowest BCUT2D eigenvalue weighted by Crippen LogP contribution is -2.66. The molecule has 9 atom stereocenters. The zero-order valence-corrected chi connectivity index (χ0v) is 23.4. The van der Waals surface area contributed by atoms with Gasteiger partial charge in [-0.2, -0.15) is 0 Å². The average Bonchev–Trinajstić information content (AvgIpc) is 2.78. The molecule has 0 bridgehead atoms. The molecular formula is C31H48O4. The van der Waals surface area contributed by atoms with E-state index in [1.165, 1.54) is 12.7 Å². The van der Waals surface area contributed by atoms with Crippen molar-refractivity contribution < 1.29 is 19.4 Å². The molecule has 0 heterocycles. The highest BCUT2D eigenvalue weighted by Crippen LogP contribution is 2.75. The summed E-state index contributed by atoms with van der Waals surface area (Å²) in [5, 5.41) is 10.9. The van der Waals surface area contributed by atoms with Crippen LogP contribution in [0.25, 0.3) is 0 Å². The number of esters is 1. The van der Waals surface area contributed by atoms with Gasteiger partial charge in [0.1, 0.15) is 0 Å². The number of rotatable bonds is 1. The van der Waals surface area contributed by atoms with Crippen molar-refractivity contribution >= 4 is 11.8 Å². The van der Waals surface area contributed by atoms with Gasteiger partial charge in [0.25, 0.3) is 0 Å². The molecule has 0 saturated heterocycles. The number of aliphatic hydroxyl groups excluding tert-OH is 1. The number of fused-ring (bicyclic) bond motifs is 7. The van der Waals surface area contributed by atoms with E-state index in [1.54, 1.807) is 0 Å². The van der Waals surface area contributed by atoms with E-state index in [0.717, 1.165) is 57.8 Å². The first-order chi connectivity index (χ1) is 16.1. The fraction of sp³-hybridized carbons (Fsp3) is 0.871. The molecule has 4 nitrogen and oxygen atoms in total. The van der Waals surface area contributed by atoms with Crippen molar-refractivity contribution in [2.45, 2.75) is 112 Å². The van der Waals surface area contributed by atoms with Crippen LogP contribution in [-0.4, -0.2) is 30.1 Å². The Bertz CT molecular complexity index is 980. The largest absolute Gasteiger partial charge is 0.469 e. The van der Waals surface area contributed by atoms with Crippen molar-refractivity contribution in [2.24, 2.45) is 50.2 Å². The normalized spacial score (nSPS) is 52.8. The minimum Gasteiger partial charge on any atom is -0.469 e. The molecule has 1 N–H and O–H groups in total. The molecule has 4 saturated carbocycles. The summed E-state index contributed by atoms with van der Waals surface area (Å²) in [5.74, 6) is 0.805. The Morgan fingerprint density at radius 1 is 0.943 bits per heavy atom. The molecule has 5 aliphatic carbocycles. The number of carbonyl (C=O) groups is 2. The SMILES string of the molecule is COC(=O)[C@@]1(C)CC[C@]2(C)CC[C@@]3(C)C(=CC(=O)C4[C@@]5(C)CCC(O)C(C)(C)C5CC[C@]43C)C2C1. The summed E-state index contributed by atoms with van der Waals surface area (Å²) in [5.41, 5.74) is 0.590. The first-order valence-electron chi connectivity index (χ1n) is 14.1. The topological polar surface area (TPSA) is 63.6 Å². The van der Waals surface area contributed by atoms with Crippen LogP contribution in [0, 0.1) is 50.2 Å². The summed E-state index contributed by atoms with van der Waals surface area (Å²) < 4.78 is 5.25. The molecule has 4 heteroatoms. The average molecular weight is 485 g/mol. The summed E-state index contributed by atoms with van der Waals surface area (Å²) in [7, 11) is 1.50. The molecule has 0 aromatic rings. The van der Waals surface area contributed by atoms with Crippen molar-refractivity contribution in [3.8, 4) is 0 Å². The lowest BCUT2D eigenvalue weighted by Gasteiger charge is -2.70. The van der Waals surface area contributed by atoms with Crippen molar-refractivity contribution in [3.63, 3.8) is 0 Å². The number of allylic oxidation sites excluding steroid dienone is 2. The minimum atomic E-state index is -0.480. The van der Waals surface area contributed by atoms with Crippen molar-refractivity contribution in [1.29, 1.82) is 0 Å². The molecule has 5 rings (SSSR count). The van der Waals surface area contributed by atoms with Crippen LogP contribution in [0.15, 0.2) is 11.6 Å². The molecule has 4 fully saturated rings. The molecule has 4 unspecified atom stereocenters. The molecule has 5 aliphatic rings. The second-order valence-electron chi connectivity index (χ2n) is 15.1. The van der Waals surface area contributed by atoms with Gasteiger partial charge >= 0.3 is 5.97 Å². The molecule has 0 aliphatic heterocycles. The molecule has 0 radical (unpaired) electrons. The summed E-state index contributed by atoms with van der Waals surface area (Å²) in [6.45, 7) is 16.2. The molecule has 0 amide bonds. The lowest BCUT2D eigenvalue weighted by molar-refractivity contribution is -0.202. The summed E-state index contributed by atoms with van der Waals surface area (Å²) in [4.78, 5) is 27.1. The number of hydrogen-bond donors (Lipinski definition) is 1. The van der Waals surface area contributed by atoms with Crippen LogP contribution in [0.2, 0.25) is 0 Å². The van der Waals surface area contributed by atoms with Crippen LogP contribution >= 0.6 is 0 Å². The Hall–Kier alpha value is -1.16. The first-order valence-corrected chi connectivity index (χ1v) is 14.1. The zero-order valence-electron chi connectivity index (χ0n) is 23.4. The third-order valence-electron chi connectivity index (χ3n) is 13.2. The summed E-state index contributed by atoms with van der Waals surface area (Å²) >= 11 is 0. The predicted molar refractivity (Wildman–Crippen MR) is 137 cm³/mol. The number of aliphatic hydroxyl groups is 1. The third-order valence-corrected chi connectivity index (χ3v) is 13.2. The maximum atomic E-state index is 14.3. The molecule has 0 aromatic carbocycles. The van der Waals surface area contributed by atoms with Gasteiger partial charge in [-0.15, -0.1) is 0 Å². The van der Waals surface area contributed by atoms with Gasteiger partial charge in [-0.25, -0.2) is 0 Å². The smallest absolute Gasteiger partial charge is 0.311 e. The van der Waals surface area contributed by atoms with E-state index in [9.17, 15) is 14.7 Å². The van der Waals surface area contributed by atoms with Crippen LogP contribution in [0.1, 0.15) is 106 Å². The van der Waals surface area contributed by atoms with E-state index in [2.05, 4.69) is 54.5 Å². The van der Waals surface area contributed by atoms with E-state index >= 15 is 0 Å². The molecular weight excluding hydrogens is 436 g/mol. The fourth-order valence-electron chi connectivity index (χ4n) is 10.6. The zero-order chi connectivity index (χ0) is 25.8. The Morgan fingerprint density at radius 3 is 2.26 bits per heavy atom. The molecule has 35 heavy (non-hydrogen) atoms. The number of methoxy groups -OCH3 is 1. The van der Waals surface area contributed by atoms with Gasteiger partial charge < -0.3 is 9.84 Å². The Kier molecular flexibility index (Phi) is 5.43. The predicted octanol–water partition coefficient (Wildman–Crippen LogP) is 6.50. The van der Waals surface area contributed by atoms with Gasteiger partial charge in [0, 0.05) is 5.92 Å². The molecule has 0 aromatic heterocycles. The lowest BCUT2D eigenvalue weighted by atomic mass is 9.33. The minimum absolute atomic E-state index is 0.00536. The number of ether oxygens (including phenoxy) is 1.